The van der Waals surface area contributed by atoms with Crippen LogP contribution in [0.1, 0.15) is 73.6 Å². The SMILES string of the molecule is CCCNC(COC1CC(C)CC(C)(C)C1)C(C)CC. The number of hydrogen-bond donors (Lipinski definition) is 1. The fourth-order valence-electron chi connectivity index (χ4n) is 3.66. The number of hydrogen-bond acceptors (Lipinski definition) is 2. The molecule has 4 unspecified atom stereocenters. The zero-order valence-electron chi connectivity index (χ0n) is 14.7. The maximum absolute atomic E-state index is 6.31. The summed E-state index contributed by atoms with van der Waals surface area (Å²) in [5.41, 5.74) is 0.449. The molecule has 1 N–H and O–H groups in total. The maximum Gasteiger partial charge on any atom is 0.0625 e. The molecule has 2 heteroatoms. The van der Waals surface area contributed by atoms with E-state index >= 15 is 0 Å². The van der Waals surface area contributed by atoms with Crippen molar-refractivity contribution in [3.05, 3.63) is 0 Å². The smallest absolute Gasteiger partial charge is 0.0625 e. The Kier molecular flexibility index (Phi) is 7.53. The summed E-state index contributed by atoms with van der Waals surface area (Å²) in [5, 5.41) is 3.67. The molecule has 0 radical (unpaired) electrons. The van der Waals surface area contributed by atoms with Gasteiger partial charge < -0.3 is 10.1 Å². The Labute approximate surface area is 127 Å². The van der Waals surface area contributed by atoms with Crippen molar-refractivity contribution in [3.8, 4) is 0 Å². The van der Waals surface area contributed by atoms with Crippen LogP contribution in [0.4, 0.5) is 0 Å². The summed E-state index contributed by atoms with van der Waals surface area (Å²) >= 11 is 0. The predicted molar refractivity (Wildman–Crippen MR) is 88.1 cm³/mol. The van der Waals surface area contributed by atoms with Crippen molar-refractivity contribution >= 4 is 0 Å². The van der Waals surface area contributed by atoms with Crippen LogP contribution in [0.2, 0.25) is 0 Å². The molecule has 1 rings (SSSR count). The van der Waals surface area contributed by atoms with Gasteiger partial charge in [0.25, 0.3) is 0 Å². The van der Waals surface area contributed by atoms with Crippen LogP contribution in [-0.2, 0) is 4.74 Å². The molecule has 0 heterocycles. The lowest BCUT2D eigenvalue weighted by molar-refractivity contribution is -0.0354. The van der Waals surface area contributed by atoms with E-state index in [2.05, 4.69) is 46.9 Å². The van der Waals surface area contributed by atoms with Crippen LogP contribution >= 0.6 is 0 Å². The first-order chi connectivity index (χ1) is 9.38. The van der Waals surface area contributed by atoms with Crippen LogP contribution in [0.15, 0.2) is 0 Å². The van der Waals surface area contributed by atoms with E-state index in [1.54, 1.807) is 0 Å². The number of nitrogens with one attached hydrogen (secondary N) is 1. The highest BCUT2D eigenvalue weighted by Crippen LogP contribution is 2.39. The molecule has 20 heavy (non-hydrogen) atoms. The lowest BCUT2D eigenvalue weighted by atomic mass is 9.71. The highest BCUT2D eigenvalue weighted by molar-refractivity contribution is 4.84. The largest absolute Gasteiger partial charge is 0.377 e. The van der Waals surface area contributed by atoms with Crippen LogP contribution in [-0.4, -0.2) is 25.3 Å². The van der Waals surface area contributed by atoms with Gasteiger partial charge in [0.1, 0.15) is 0 Å². The highest BCUT2D eigenvalue weighted by Gasteiger charge is 2.33. The molecule has 0 saturated heterocycles. The van der Waals surface area contributed by atoms with Gasteiger partial charge in [-0.3, -0.25) is 0 Å². The molecule has 120 valence electrons. The molecule has 0 aromatic rings. The van der Waals surface area contributed by atoms with Gasteiger partial charge in [-0.15, -0.1) is 0 Å². The van der Waals surface area contributed by atoms with Crippen LogP contribution in [0.3, 0.4) is 0 Å². The Morgan fingerprint density at radius 1 is 1.25 bits per heavy atom. The summed E-state index contributed by atoms with van der Waals surface area (Å²) in [5.74, 6) is 1.49. The molecule has 0 aliphatic heterocycles. The molecule has 1 fully saturated rings. The van der Waals surface area contributed by atoms with E-state index in [0.29, 0.717) is 23.5 Å². The van der Waals surface area contributed by atoms with Gasteiger partial charge in [-0.25, -0.2) is 0 Å². The summed E-state index contributed by atoms with van der Waals surface area (Å²) in [4.78, 5) is 0. The summed E-state index contributed by atoms with van der Waals surface area (Å²) < 4.78 is 6.31. The average Bonchev–Trinajstić information content (AvgIpc) is 2.35. The molecule has 0 amide bonds. The minimum Gasteiger partial charge on any atom is -0.377 e. The third-order valence-corrected chi connectivity index (χ3v) is 4.85. The lowest BCUT2D eigenvalue weighted by Crippen LogP contribution is -2.42. The van der Waals surface area contributed by atoms with Crippen molar-refractivity contribution in [2.45, 2.75) is 85.8 Å². The van der Waals surface area contributed by atoms with E-state index in [4.69, 9.17) is 4.74 Å². The van der Waals surface area contributed by atoms with Crippen molar-refractivity contribution < 1.29 is 4.74 Å². The second-order valence-electron chi connectivity index (χ2n) is 7.81. The summed E-state index contributed by atoms with van der Waals surface area (Å²) in [6.07, 6.45) is 6.68. The second-order valence-corrected chi connectivity index (χ2v) is 7.81. The molecule has 0 spiro atoms. The normalized spacial score (nSPS) is 29.1. The fourth-order valence-corrected chi connectivity index (χ4v) is 3.66. The van der Waals surface area contributed by atoms with Crippen molar-refractivity contribution in [2.24, 2.45) is 17.3 Å². The third-order valence-electron chi connectivity index (χ3n) is 4.85. The lowest BCUT2D eigenvalue weighted by Gasteiger charge is -2.39. The Balaban J connectivity index is 2.45. The summed E-state index contributed by atoms with van der Waals surface area (Å²) in [6, 6.07) is 0.514. The van der Waals surface area contributed by atoms with Gasteiger partial charge in [0.05, 0.1) is 12.7 Å². The predicted octanol–water partition coefficient (Wildman–Crippen LogP) is 4.63. The van der Waals surface area contributed by atoms with Crippen LogP contribution in [0, 0.1) is 17.3 Å². The molecular formula is C18H37NO. The molecule has 2 nitrogen and oxygen atoms in total. The molecule has 0 aromatic heterocycles. The van der Waals surface area contributed by atoms with Crippen molar-refractivity contribution in [2.75, 3.05) is 13.2 Å². The van der Waals surface area contributed by atoms with Crippen LogP contribution in [0.5, 0.6) is 0 Å². The molecule has 1 aliphatic rings. The van der Waals surface area contributed by atoms with Crippen LogP contribution in [0.25, 0.3) is 0 Å². The van der Waals surface area contributed by atoms with E-state index in [-0.39, 0.29) is 0 Å². The topological polar surface area (TPSA) is 21.3 Å². The van der Waals surface area contributed by atoms with E-state index in [0.717, 1.165) is 19.1 Å². The van der Waals surface area contributed by atoms with Crippen molar-refractivity contribution in [3.63, 3.8) is 0 Å². The standard InChI is InChI=1S/C18H37NO/c1-7-9-19-17(15(4)8-2)13-20-16-10-14(3)11-18(5,6)12-16/h14-17,19H,7-13H2,1-6H3. The van der Waals surface area contributed by atoms with Crippen LogP contribution < -0.4 is 5.32 Å². The molecule has 0 aromatic carbocycles. The summed E-state index contributed by atoms with van der Waals surface area (Å²) in [6.45, 7) is 16.0. The highest BCUT2D eigenvalue weighted by atomic mass is 16.5. The first kappa shape index (κ1) is 18.0. The van der Waals surface area contributed by atoms with E-state index in [1.807, 2.05) is 0 Å². The number of rotatable bonds is 8. The molecule has 1 saturated carbocycles. The molecular weight excluding hydrogens is 246 g/mol. The van der Waals surface area contributed by atoms with Gasteiger partial charge in [-0.05, 0) is 49.5 Å². The molecule has 0 bridgehead atoms. The third kappa shape index (κ3) is 6.13. The average molecular weight is 284 g/mol. The minimum atomic E-state index is 0.449. The van der Waals surface area contributed by atoms with Gasteiger partial charge in [-0.1, -0.05) is 48.0 Å². The van der Waals surface area contributed by atoms with E-state index < -0.39 is 0 Å². The monoisotopic (exact) mass is 283 g/mol. The number of ether oxygens (including phenoxy) is 1. The minimum absolute atomic E-state index is 0.449. The Morgan fingerprint density at radius 3 is 2.50 bits per heavy atom. The quantitative estimate of drug-likeness (QED) is 0.701. The van der Waals surface area contributed by atoms with Gasteiger partial charge >= 0.3 is 0 Å². The van der Waals surface area contributed by atoms with E-state index in [1.165, 1.54) is 32.1 Å². The molecule has 4 atom stereocenters. The van der Waals surface area contributed by atoms with Gasteiger partial charge in [-0.2, -0.15) is 0 Å². The fraction of sp³-hybridized carbons (Fsp3) is 1.00. The first-order valence-electron chi connectivity index (χ1n) is 8.73. The van der Waals surface area contributed by atoms with E-state index in [9.17, 15) is 0 Å². The Bertz CT molecular complexity index is 264. The Morgan fingerprint density at radius 2 is 1.95 bits per heavy atom. The van der Waals surface area contributed by atoms with Gasteiger partial charge in [0.15, 0.2) is 0 Å². The van der Waals surface area contributed by atoms with Crippen molar-refractivity contribution in [1.29, 1.82) is 0 Å². The van der Waals surface area contributed by atoms with Crippen molar-refractivity contribution in [1.82, 2.24) is 5.32 Å². The first-order valence-corrected chi connectivity index (χ1v) is 8.73. The molecule has 1 aliphatic carbocycles. The van der Waals surface area contributed by atoms with Gasteiger partial charge in [0, 0.05) is 6.04 Å². The second kappa shape index (κ2) is 8.38. The zero-order chi connectivity index (χ0) is 15.2. The zero-order valence-corrected chi connectivity index (χ0v) is 14.7. The maximum atomic E-state index is 6.31. The Hall–Kier alpha value is -0.0800. The van der Waals surface area contributed by atoms with Gasteiger partial charge in [0.2, 0.25) is 0 Å². The summed E-state index contributed by atoms with van der Waals surface area (Å²) in [7, 11) is 0.